The van der Waals surface area contributed by atoms with Crippen molar-refractivity contribution in [2.24, 2.45) is 0 Å². The van der Waals surface area contributed by atoms with E-state index < -0.39 is 0 Å². The first kappa shape index (κ1) is 18.5. The van der Waals surface area contributed by atoms with Gasteiger partial charge in [-0.05, 0) is 36.5 Å². The highest BCUT2D eigenvalue weighted by Gasteiger charge is 2.10. The summed E-state index contributed by atoms with van der Waals surface area (Å²) in [6, 6.07) is 3.15. The zero-order valence-electron chi connectivity index (χ0n) is 12.3. The minimum absolute atomic E-state index is 0.0715. The molecule has 0 fully saturated rings. The molecular formula is C15H22Cl2N2OS. The topological polar surface area (TPSA) is 55.1 Å². The van der Waals surface area contributed by atoms with Crippen LogP contribution in [-0.2, 0) is 4.79 Å². The maximum Gasteiger partial charge on any atom is 0.224 e. The molecule has 1 aromatic carbocycles. The fourth-order valence-electron chi connectivity index (χ4n) is 1.81. The van der Waals surface area contributed by atoms with Crippen LogP contribution in [0, 0.1) is 0 Å². The van der Waals surface area contributed by atoms with Gasteiger partial charge in [0.15, 0.2) is 0 Å². The fraction of sp³-hybridized carbons (Fsp3) is 0.533. The molecule has 0 atom stereocenters. The van der Waals surface area contributed by atoms with Gasteiger partial charge in [-0.25, -0.2) is 0 Å². The van der Waals surface area contributed by atoms with E-state index in [1.54, 1.807) is 12.1 Å². The second-order valence-corrected chi connectivity index (χ2v) is 6.87. The third-order valence-electron chi connectivity index (χ3n) is 2.91. The third-order valence-corrected chi connectivity index (χ3v) is 4.66. The molecule has 1 rings (SSSR count). The number of hydrogen-bond acceptors (Lipinski definition) is 3. The van der Waals surface area contributed by atoms with Crippen LogP contribution in [0.5, 0.6) is 0 Å². The number of nitrogens with two attached hydrogens (primary N) is 1. The van der Waals surface area contributed by atoms with E-state index in [0.717, 1.165) is 12.2 Å². The summed E-state index contributed by atoms with van der Waals surface area (Å²) in [4.78, 5) is 11.9. The van der Waals surface area contributed by atoms with Gasteiger partial charge < -0.3 is 11.1 Å². The van der Waals surface area contributed by atoms with Crippen LogP contribution < -0.4 is 11.1 Å². The molecule has 0 aliphatic heterocycles. The highest BCUT2D eigenvalue weighted by atomic mass is 35.5. The molecule has 0 bridgehead atoms. The summed E-state index contributed by atoms with van der Waals surface area (Å²) in [7, 11) is 0. The largest absolute Gasteiger partial charge is 0.399 e. The van der Waals surface area contributed by atoms with Crippen LogP contribution in [0.1, 0.15) is 39.0 Å². The number of benzene rings is 1. The van der Waals surface area contributed by atoms with Crippen LogP contribution in [0.2, 0.25) is 10.0 Å². The SMILES string of the molecule is CCCCCSCCCC(=O)Nc1c(Cl)cc(N)cc1Cl. The lowest BCUT2D eigenvalue weighted by Gasteiger charge is -2.10. The number of nitrogen functional groups attached to an aromatic ring is 1. The average molecular weight is 349 g/mol. The standard InChI is InChI=1S/C15H22Cl2N2OS/c1-2-3-4-7-21-8-5-6-14(20)19-15-12(16)9-11(18)10-13(15)17/h9-10H,2-8,18H2,1H3,(H,19,20). The van der Waals surface area contributed by atoms with E-state index in [2.05, 4.69) is 12.2 Å². The highest BCUT2D eigenvalue weighted by Crippen LogP contribution is 2.32. The Bertz CT molecular complexity index is 446. The Morgan fingerprint density at radius 3 is 2.43 bits per heavy atom. The number of carbonyl (C=O) groups excluding carboxylic acids is 1. The van der Waals surface area contributed by atoms with E-state index in [4.69, 9.17) is 28.9 Å². The molecule has 6 heteroatoms. The normalized spacial score (nSPS) is 10.6. The Balaban J connectivity index is 2.28. The zero-order valence-corrected chi connectivity index (χ0v) is 14.6. The van der Waals surface area contributed by atoms with E-state index in [9.17, 15) is 4.79 Å². The quantitative estimate of drug-likeness (QED) is 0.475. The molecule has 0 aromatic heterocycles. The number of hydrogen-bond donors (Lipinski definition) is 2. The van der Waals surface area contributed by atoms with Crippen molar-refractivity contribution < 1.29 is 4.79 Å². The lowest BCUT2D eigenvalue weighted by atomic mass is 10.2. The van der Waals surface area contributed by atoms with Crippen LogP contribution in [0.15, 0.2) is 12.1 Å². The van der Waals surface area contributed by atoms with Gasteiger partial charge in [0, 0.05) is 12.1 Å². The van der Waals surface area contributed by atoms with Gasteiger partial charge in [0.05, 0.1) is 15.7 Å². The van der Waals surface area contributed by atoms with Gasteiger partial charge >= 0.3 is 0 Å². The molecule has 1 aromatic rings. The molecule has 0 aliphatic rings. The maximum absolute atomic E-state index is 11.9. The second kappa shape index (κ2) is 10.2. The average Bonchev–Trinajstić information content (AvgIpc) is 2.42. The minimum atomic E-state index is -0.0715. The summed E-state index contributed by atoms with van der Waals surface area (Å²) in [5.74, 6) is 2.10. The first-order valence-electron chi connectivity index (χ1n) is 7.16. The first-order chi connectivity index (χ1) is 10.0. The van der Waals surface area contributed by atoms with E-state index >= 15 is 0 Å². The molecule has 0 spiro atoms. The molecule has 0 unspecified atom stereocenters. The molecule has 118 valence electrons. The monoisotopic (exact) mass is 348 g/mol. The predicted octanol–water partition coefficient (Wildman–Crippen LogP) is 5.22. The van der Waals surface area contributed by atoms with Crippen molar-refractivity contribution in [2.45, 2.75) is 39.0 Å². The highest BCUT2D eigenvalue weighted by molar-refractivity contribution is 7.99. The van der Waals surface area contributed by atoms with E-state index in [1.807, 2.05) is 11.8 Å². The van der Waals surface area contributed by atoms with Crippen LogP contribution in [-0.4, -0.2) is 17.4 Å². The number of carbonyl (C=O) groups is 1. The van der Waals surface area contributed by atoms with Crippen molar-refractivity contribution >= 4 is 52.2 Å². The van der Waals surface area contributed by atoms with Gasteiger partial charge in [0.2, 0.25) is 5.91 Å². The number of halogens is 2. The van der Waals surface area contributed by atoms with Gasteiger partial charge in [0.25, 0.3) is 0 Å². The summed E-state index contributed by atoms with van der Waals surface area (Å²) in [5.41, 5.74) is 6.54. The van der Waals surface area contributed by atoms with Crippen LogP contribution in [0.4, 0.5) is 11.4 Å². The molecule has 0 heterocycles. The Hall–Kier alpha value is -0.580. The Kier molecular flexibility index (Phi) is 8.97. The van der Waals surface area contributed by atoms with E-state index in [0.29, 0.717) is 27.8 Å². The van der Waals surface area contributed by atoms with E-state index in [-0.39, 0.29) is 5.91 Å². The minimum Gasteiger partial charge on any atom is -0.399 e. The Morgan fingerprint density at radius 1 is 1.19 bits per heavy atom. The van der Waals surface area contributed by atoms with Gasteiger partial charge in [-0.1, -0.05) is 43.0 Å². The number of anilines is 2. The summed E-state index contributed by atoms with van der Waals surface area (Å²) >= 11 is 14.0. The summed E-state index contributed by atoms with van der Waals surface area (Å²) in [6.45, 7) is 2.20. The second-order valence-electron chi connectivity index (χ2n) is 4.83. The molecule has 0 saturated carbocycles. The number of thioether (sulfide) groups is 1. The number of rotatable bonds is 9. The predicted molar refractivity (Wildman–Crippen MR) is 95.6 cm³/mol. The maximum atomic E-state index is 11.9. The van der Waals surface area contributed by atoms with Crippen molar-refractivity contribution in [2.75, 3.05) is 22.6 Å². The van der Waals surface area contributed by atoms with Crippen LogP contribution in [0.25, 0.3) is 0 Å². The van der Waals surface area contributed by atoms with Gasteiger partial charge in [-0.15, -0.1) is 0 Å². The molecule has 0 aliphatic carbocycles. The fourth-order valence-corrected chi connectivity index (χ4v) is 3.36. The van der Waals surface area contributed by atoms with Gasteiger partial charge in [-0.2, -0.15) is 11.8 Å². The number of amides is 1. The lowest BCUT2D eigenvalue weighted by Crippen LogP contribution is -2.12. The third kappa shape index (κ3) is 7.30. The van der Waals surface area contributed by atoms with Crippen molar-refractivity contribution in [3.63, 3.8) is 0 Å². The first-order valence-corrected chi connectivity index (χ1v) is 9.07. The van der Waals surface area contributed by atoms with Crippen molar-refractivity contribution in [3.05, 3.63) is 22.2 Å². The molecule has 1 amide bonds. The molecule has 21 heavy (non-hydrogen) atoms. The molecular weight excluding hydrogens is 327 g/mol. The molecule has 0 radical (unpaired) electrons. The van der Waals surface area contributed by atoms with Crippen molar-refractivity contribution in [3.8, 4) is 0 Å². The molecule has 3 N–H and O–H groups in total. The lowest BCUT2D eigenvalue weighted by molar-refractivity contribution is -0.116. The Labute approximate surface area is 140 Å². The van der Waals surface area contributed by atoms with Crippen molar-refractivity contribution in [1.29, 1.82) is 0 Å². The van der Waals surface area contributed by atoms with Gasteiger partial charge in [-0.3, -0.25) is 4.79 Å². The van der Waals surface area contributed by atoms with Crippen molar-refractivity contribution in [1.82, 2.24) is 0 Å². The Morgan fingerprint density at radius 2 is 1.81 bits per heavy atom. The van der Waals surface area contributed by atoms with Crippen LogP contribution >= 0.6 is 35.0 Å². The zero-order chi connectivity index (χ0) is 15.7. The van der Waals surface area contributed by atoms with E-state index in [1.165, 1.54) is 25.0 Å². The summed E-state index contributed by atoms with van der Waals surface area (Å²) in [5, 5.41) is 3.48. The summed E-state index contributed by atoms with van der Waals surface area (Å²) in [6.07, 6.45) is 5.10. The number of nitrogens with one attached hydrogen (secondary N) is 1. The molecule has 3 nitrogen and oxygen atoms in total. The van der Waals surface area contributed by atoms with Crippen LogP contribution in [0.3, 0.4) is 0 Å². The summed E-state index contributed by atoms with van der Waals surface area (Å²) < 4.78 is 0. The molecule has 0 saturated heterocycles. The van der Waals surface area contributed by atoms with Gasteiger partial charge in [0.1, 0.15) is 0 Å². The smallest absolute Gasteiger partial charge is 0.224 e. The number of unbranched alkanes of at least 4 members (excludes halogenated alkanes) is 2.